The minimum atomic E-state index is 0.157. The molecule has 0 bridgehead atoms. The minimum absolute atomic E-state index is 0.157. The summed E-state index contributed by atoms with van der Waals surface area (Å²) >= 11 is 0. The Morgan fingerprint density at radius 1 is 1.05 bits per heavy atom. The van der Waals surface area contributed by atoms with Crippen LogP contribution in [0.1, 0.15) is 22.8 Å². The van der Waals surface area contributed by atoms with Crippen molar-refractivity contribution in [1.82, 2.24) is 4.90 Å². The van der Waals surface area contributed by atoms with Gasteiger partial charge in [0.15, 0.2) is 0 Å². The molecule has 1 aliphatic carbocycles. The van der Waals surface area contributed by atoms with Crippen LogP contribution < -0.4 is 4.74 Å². The minimum Gasteiger partial charge on any atom is -0.485 e. The van der Waals surface area contributed by atoms with Gasteiger partial charge in [-0.15, -0.1) is 0 Å². The largest absolute Gasteiger partial charge is 0.485 e. The van der Waals surface area contributed by atoms with E-state index in [4.69, 9.17) is 4.74 Å². The van der Waals surface area contributed by atoms with E-state index >= 15 is 0 Å². The lowest BCUT2D eigenvalue weighted by Crippen LogP contribution is -2.27. The molecule has 2 unspecified atom stereocenters. The first-order chi connectivity index (χ1) is 10.1. The highest BCUT2D eigenvalue weighted by molar-refractivity contribution is 5.38. The van der Waals surface area contributed by atoms with Gasteiger partial charge in [-0.1, -0.05) is 42.5 Å². The highest BCUT2D eigenvalue weighted by Gasteiger charge is 2.34. The summed E-state index contributed by atoms with van der Waals surface area (Å²) in [4.78, 5) is 2.25. The Morgan fingerprint density at radius 3 is 2.52 bits per heavy atom. The van der Waals surface area contributed by atoms with Gasteiger partial charge >= 0.3 is 0 Å². The van der Waals surface area contributed by atoms with Crippen LogP contribution >= 0.6 is 0 Å². The molecule has 3 rings (SSSR count). The van der Waals surface area contributed by atoms with E-state index in [1.807, 2.05) is 6.07 Å². The van der Waals surface area contributed by atoms with Gasteiger partial charge < -0.3 is 9.64 Å². The second kappa shape index (κ2) is 5.90. The normalized spacial score (nSPS) is 20.6. The molecule has 2 atom stereocenters. The van der Waals surface area contributed by atoms with Crippen molar-refractivity contribution < 1.29 is 4.74 Å². The number of nitrogens with zero attached hydrogens (tertiary/aromatic N) is 1. The van der Waals surface area contributed by atoms with E-state index in [1.165, 1.54) is 16.7 Å². The predicted molar refractivity (Wildman–Crippen MR) is 86.7 cm³/mol. The molecule has 0 aromatic heterocycles. The maximum absolute atomic E-state index is 6.42. The highest BCUT2D eigenvalue weighted by atomic mass is 16.5. The monoisotopic (exact) mass is 281 g/mol. The lowest BCUT2D eigenvalue weighted by Gasteiger charge is -2.25. The number of rotatable bonds is 4. The van der Waals surface area contributed by atoms with E-state index < -0.39 is 0 Å². The molecule has 2 nitrogen and oxygen atoms in total. The van der Waals surface area contributed by atoms with E-state index in [2.05, 4.69) is 68.4 Å². The zero-order valence-electron chi connectivity index (χ0n) is 13.0. The maximum Gasteiger partial charge on any atom is 0.128 e. The van der Waals surface area contributed by atoms with Crippen LogP contribution in [0.15, 0.2) is 48.5 Å². The zero-order valence-corrected chi connectivity index (χ0v) is 13.0. The number of fused-ring (bicyclic) bond motifs is 1. The fourth-order valence-electron chi connectivity index (χ4n) is 3.26. The summed E-state index contributed by atoms with van der Waals surface area (Å²) in [7, 11) is 4.27. The zero-order chi connectivity index (χ0) is 14.8. The molecular weight excluding hydrogens is 258 g/mol. The van der Waals surface area contributed by atoms with Gasteiger partial charge in [0.05, 0.1) is 0 Å². The third-order valence-electron chi connectivity index (χ3n) is 4.22. The quantitative estimate of drug-likeness (QED) is 0.844. The molecule has 2 aromatic rings. The molecule has 0 spiro atoms. The summed E-state index contributed by atoms with van der Waals surface area (Å²) in [6.45, 7) is 3.16. The summed E-state index contributed by atoms with van der Waals surface area (Å²) in [6.07, 6.45) is 1.26. The number of hydrogen-bond donors (Lipinski definition) is 0. The summed E-state index contributed by atoms with van der Waals surface area (Å²) in [6, 6.07) is 17.0. The van der Waals surface area contributed by atoms with Crippen molar-refractivity contribution in [2.45, 2.75) is 19.4 Å². The molecule has 110 valence electrons. The molecule has 0 aliphatic heterocycles. The standard InChI is InChI=1S/C19H23NO/c1-14-8-4-7-11-18(14)21-19-16(13-20(2)3)12-15-9-5-6-10-17(15)19/h4-11,16,19H,12-13H2,1-3H3. The number of aryl methyl sites for hydroxylation is 1. The average Bonchev–Trinajstić information content (AvgIpc) is 2.78. The Kier molecular flexibility index (Phi) is 3.98. The first-order valence-electron chi connectivity index (χ1n) is 7.60. The first-order valence-corrected chi connectivity index (χ1v) is 7.60. The molecule has 0 amide bonds. The molecule has 0 radical (unpaired) electrons. The van der Waals surface area contributed by atoms with Crippen LogP contribution in [0.5, 0.6) is 5.75 Å². The summed E-state index contributed by atoms with van der Waals surface area (Å²) in [5, 5.41) is 0. The van der Waals surface area contributed by atoms with E-state index in [1.54, 1.807) is 0 Å². The number of ether oxygens (including phenoxy) is 1. The Labute approximate surface area is 127 Å². The van der Waals surface area contributed by atoms with Crippen molar-refractivity contribution >= 4 is 0 Å². The lowest BCUT2D eigenvalue weighted by atomic mass is 10.0. The van der Waals surface area contributed by atoms with Crippen molar-refractivity contribution in [3.63, 3.8) is 0 Å². The second-order valence-electron chi connectivity index (χ2n) is 6.23. The molecule has 0 saturated heterocycles. The molecule has 1 aliphatic rings. The molecule has 0 heterocycles. The topological polar surface area (TPSA) is 12.5 Å². The van der Waals surface area contributed by atoms with Crippen molar-refractivity contribution in [1.29, 1.82) is 0 Å². The first kappa shape index (κ1) is 14.2. The Balaban J connectivity index is 1.90. The summed E-state index contributed by atoms with van der Waals surface area (Å²) in [5.41, 5.74) is 3.99. The number of para-hydroxylation sites is 1. The van der Waals surface area contributed by atoms with Gasteiger partial charge in [-0.05, 0) is 50.2 Å². The van der Waals surface area contributed by atoms with E-state index in [-0.39, 0.29) is 6.10 Å². The van der Waals surface area contributed by atoms with Gasteiger partial charge in [-0.2, -0.15) is 0 Å². The van der Waals surface area contributed by atoms with Gasteiger partial charge in [0.25, 0.3) is 0 Å². The van der Waals surface area contributed by atoms with Crippen LogP contribution in [0.4, 0.5) is 0 Å². The maximum atomic E-state index is 6.42. The predicted octanol–water partition coefficient (Wildman–Crippen LogP) is 3.85. The fraction of sp³-hybridized carbons (Fsp3) is 0.368. The number of hydrogen-bond acceptors (Lipinski definition) is 2. The van der Waals surface area contributed by atoms with E-state index in [0.29, 0.717) is 5.92 Å². The Bertz CT molecular complexity index is 620. The van der Waals surface area contributed by atoms with E-state index in [0.717, 1.165) is 18.7 Å². The Hall–Kier alpha value is -1.80. The number of benzene rings is 2. The van der Waals surface area contributed by atoms with Gasteiger partial charge in [-0.3, -0.25) is 0 Å². The lowest BCUT2D eigenvalue weighted by molar-refractivity contribution is 0.127. The molecule has 0 N–H and O–H groups in total. The van der Waals surface area contributed by atoms with Crippen LogP contribution in [0.3, 0.4) is 0 Å². The van der Waals surface area contributed by atoms with Gasteiger partial charge in [-0.25, -0.2) is 0 Å². The highest BCUT2D eigenvalue weighted by Crippen LogP contribution is 2.40. The third kappa shape index (κ3) is 2.96. The van der Waals surface area contributed by atoms with Crippen molar-refractivity contribution in [3.05, 3.63) is 65.2 Å². The molecule has 2 heteroatoms. The van der Waals surface area contributed by atoms with Crippen molar-refractivity contribution in [2.24, 2.45) is 5.92 Å². The molecule has 21 heavy (non-hydrogen) atoms. The van der Waals surface area contributed by atoms with Crippen LogP contribution in [0.2, 0.25) is 0 Å². The van der Waals surface area contributed by atoms with Crippen LogP contribution in [0, 0.1) is 12.8 Å². The average molecular weight is 281 g/mol. The van der Waals surface area contributed by atoms with E-state index in [9.17, 15) is 0 Å². The summed E-state index contributed by atoms with van der Waals surface area (Å²) in [5.74, 6) is 1.51. The van der Waals surface area contributed by atoms with Gasteiger partial charge in [0, 0.05) is 12.5 Å². The second-order valence-corrected chi connectivity index (χ2v) is 6.23. The Morgan fingerprint density at radius 2 is 1.76 bits per heavy atom. The molecule has 0 saturated carbocycles. The fourth-order valence-corrected chi connectivity index (χ4v) is 3.26. The molecule has 2 aromatic carbocycles. The van der Waals surface area contributed by atoms with Crippen LogP contribution in [-0.2, 0) is 6.42 Å². The van der Waals surface area contributed by atoms with Crippen molar-refractivity contribution in [2.75, 3.05) is 20.6 Å². The van der Waals surface area contributed by atoms with Gasteiger partial charge in [0.1, 0.15) is 11.9 Å². The van der Waals surface area contributed by atoms with Crippen molar-refractivity contribution in [3.8, 4) is 5.75 Å². The smallest absolute Gasteiger partial charge is 0.128 e. The van der Waals surface area contributed by atoms with Gasteiger partial charge in [0.2, 0.25) is 0 Å². The third-order valence-corrected chi connectivity index (χ3v) is 4.22. The van der Waals surface area contributed by atoms with Crippen LogP contribution in [0.25, 0.3) is 0 Å². The molecule has 0 fully saturated rings. The van der Waals surface area contributed by atoms with Crippen LogP contribution in [-0.4, -0.2) is 25.5 Å². The SMILES string of the molecule is Cc1ccccc1OC1c2ccccc2CC1CN(C)C. The molecular formula is C19H23NO. The summed E-state index contributed by atoms with van der Waals surface area (Å²) < 4.78 is 6.42.